The van der Waals surface area contributed by atoms with E-state index in [4.69, 9.17) is 15.2 Å². The first-order valence-electron chi connectivity index (χ1n) is 7.38. The van der Waals surface area contributed by atoms with Crippen molar-refractivity contribution < 1.29 is 14.3 Å². The van der Waals surface area contributed by atoms with Crippen molar-refractivity contribution in [2.75, 3.05) is 33.4 Å². The van der Waals surface area contributed by atoms with Crippen LogP contribution < -0.4 is 10.5 Å². The van der Waals surface area contributed by atoms with E-state index in [9.17, 15) is 4.79 Å². The van der Waals surface area contributed by atoms with Gasteiger partial charge in [0, 0.05) is 25.3 Å². The molecule has 124 valence electrons. The molecule has 1 aromatic carbocycles. The van der Waals surface area contributed by atoms with Gasteiger partial charge in [-0.15, -0.1) is 12.4 Å². The standard InChI is InChI=1S/C16H24N2O3.ClH/c1-12-8-13(10-17)11-18(12)16(19)14-4-3-5-15(9-14)21-7-6-20-2;/h3-5,9,12-13H,6-8,10-11,17H2,1-2H3;1H. The van der Waals surface area contributed by atoms with Crippen molar-refractivity contribution in [3.63, 3.8) is 0 Å². The first-order valence-corrected chi connectivity index (χ1v) is 7.38. The van der Waals surface area contributed by atoms with Gasteiger partial charge in [0.05, 0.1) is 6.61 Å². The number of nitrogens with two attached hydrogens (primary N) is 1. The van der Waals surface area contributed by atoms with Crippen molar-refractivity contribution in [3.05, 3.63) is 29.8 Å². The lowest BCUT2D eigenvalue weighted by Gasteiger charge is -2.21. The van der Waals surface area contributed by atoms with E-state index in [-0.39, 0.29) is 24.4 Å². The summed E-state index contributed by atoms with van der Waals surface area (Å²) in [4.78, 5) is 14.5. The molecule has 1 heterocycles. The molecule has 1 aromatic rings. The third-order valence-corrected chi connectivity index (χ3v) is 3.89. The van der Waals surface area contributed by atoms with Crippen LogP contribution in [0, 0.1) is 5.92 Å². The van der Waals surface area contributed by atoms with Crippen LogP contribution in [0.3, 0.4) is 0 Å². The number of benzene rings is 1. The minimum atomic E-state index is 0. The maximum Gasteiger partial charge on any atom is 0.254 e. The molecular weight excluding hydrogens is 304 g/mol. The number of halogens is 1. The fourth-order valence-corrected chi connectivity index (χ4v) is 2.72. The quantitative estimate of drug-likeness (QED) is 0.811. The predicted octanol–water partition coefficient (Wildman–Crippen LogP) is 1.94. The molecule has 22 heavy (non-hydrogen) atoms. The predicted molar refractivity (Wildman–Crippen MR) is 88.7 cm³/mol. The maximum atomic E-state index is 12.6. The molecule has 0 radical (unpaired) electrons. The van der Waals surface area contributed by atoms with Gasteiger partial charge < -0.3 is 20.1 Å². The van der Waals surface area contributed by atoms with Gasteiger partial charge in [-0.1, -0.05) is 6.07 Å². The van der Waals surface area contributed by atoms with Gasteiger partial charge >= 0.3 is 0 Å². The number of carbonyl (C=O) groups excluding carboxylic acids is 1. The van der Waals surface area contributed by atoms with Crippen molar-refractivity contribution in [3.8, 4) is 5.75 Å². The summed E-state index contributed by atoms with van der Waals surface area (Å²) in [6.07, 6.45) is 0.978. The van der Waals surface area contributed by atoms with Gasteiger partial charge in [-0.2, -0.15) is 0 Å². The number of hydrogen-bond donors (Lipinski definition) is 1. The zero-order valence-corrected chi connectivity index (χ0v) is 14.0. The normalized spacial score (nSPS) is 20.6. The van der Waals surface area contributed by atoms with Crippen LogP contribution in [-0.2, 0) is 4.74 Å². The van der Waals surface area contributed by atoms with Gasteiger partial charge in [0.25, 0.3) is 5.91 Å². The van der Waals surface area contributed by atoms with E-state index in [1.165, 1.54) is 0 Å². The second kappa shape index (κ2) is 8.98. The average Bonchev–Trinajstić information content (AvgIpc) is 2.88. The fourth-order valence-electron chi connectivity index (χ4n) is 2.72. The highest BCUT2D eigenvalue weighted by atomic mass is 35.5. The van der Waals surface area contributed by atoms with E-state index in [1.54, 1.807) is 13.2 Å². The lowest BCUT2D eigenvalue weighted by atomic mass is 10.1. The highest BCUT2D eigenvalue weighted by molar-refractivity contribution is 5.95. The lowest BCUT2D eigenvalue weighted by molar-refractivity contribution is 0.0743. The summed E-state index contributed by atoms with van der Waals surface area (Å²) in [5, 5.41) is 0. The summed E-state index contributed by atoms with van der Waals surface area (Å²) >= 11 is 0. The Balaban J connectivity index is 0.00000242. The second-order valence-corrected chi connectivity index (χ2v) is 5.51. The minimum absolute atomic E-state index is 0. The smallest absolute Gasteiger partial charge is 0.254 e. The topological polar surface area (TPSA) is 64.8 Å². The van der Waals surface area contributed by atoms with Crippen LogP contribution >= 0.6 is 12.4 Å². The number of hydrogen-bond acceptors (Lipinski definition) is 4. The molecular formula is C16H25ClN2O3. The van der Waals surface area contributed by atoms with Crippen molar-refractivity contribution in [1.29, 1.82) is 0 Å². The van der Waals surface area contributed by atoms with Crippen molar-refractivity contribution in [2.45, 2.75) is 19.4 Å². The average molecular weight is 329 g/mol. The van der Waals surface area contributed by atoms with Crippen molar-refractivity contribution >= 4 is 18.3 Å². The Bertz CT molecular complexity index is 484. The third kappa shape index (κ3) is 4.60. The van der Waals surface area contributed by atoms with Crippen LogP contribution in [0.2, 0.25) is 0 Å². The van der Waals surface area contributed by atoms with Gasteiger partial charge in [-0.3, -0.25) is 4.79 Å². The molecule has 1 amide bonds. The highest BCUT2D eigenvalue weighted by Crippen LogP contribution is 2.25. The monoisotopic (exact) mass is 328 g/mol. The second-order valence-electron chi connectivity index (χ2n) is 5.51. The highest BCUT2D eigenvalue weighted by Gasteiger charge is 2.32. The molecule has 1 aliphatic rings. The number of ether oxygens (including phenoxy) is 2. The maximum absolute atomic E-state index is 12.6. The van der Waals surface area contributed by atoms with Gasteiger partial charge in [-0.05, 0) is 44.0 Å². The van der Waals surface area contributed by atoms with E-state index in [2.05, 4.69) is 6.92 Å². The number of likely N-dealkylation sites (tertiary alicyclic amines) is 1. The molecule has 2 rings (SSSR count). The molecule has 0 aliphatic carbocycles. The van der Waals surface area contributed by atoms with Gasteiger partial charge in [0.2, 0.25) is 0 Å². The summed E-state index contributed by atoms with van der Waals surface area (Å²) < 4.78 is 10.5. The molecule has 1 aliphatic heterocycles. The van der Waals surface area contributed by atoms with Crippen LogP contribution in [0.5, 0.6) is 5.75 Å². The first-order chi connectivity index (χ1) is 10.2. The van der Waals surface area contributed by atoms with Crippen LogP contribution in [0.15, 0.2) is 24.3 Å². The van der Waals surface area contributed by atoms with E-state index in [1.807, 2.05) is 23.1 Å². The Morgan fingerprint density at radius 3 is 2.82 bits per heavy atom. The fraction of sp³-hybridized carbons (Fsp3) is 0.562. The third-order valence-electron chi connectivity index (χ3n) is 3.89. The lowest BCUT2D eigenvalue weighted by Crippen LogP contribution is -2.34. The summed E-state index contributed by atoms with van der Waals surface area (Å²) in [6.45, 7) is 4.45. The summed E-state index contributed by atoms with van der Waals surface area (Å²) in [6, 6.07) is 7.55. The number of amides is 1. The van der Waals surface area contributed by atoms with Crippen molar-refractivity contribution in [1.82, 2.24) is 4.90 Å². The van der Waals surface area contributed by atoms with Crippen LogP contribution in [0.4, 0.5) is 0 Å². The zero-order chi connectivity index (χ0) is 15.2. The summed E-state index contributed by atoms with van der Waals surface area (Å²) in [5.74, 6) is 1.15. The first kappa shape index (κ1) is 18.7. The molecule has 6 heteroatoms. The molecule has 2 atom stereocenters. The Hall–Kier alpha value is -1.30. The molecule has 0 bridgehead atoms. The van der Waals surface area contributed by atoms with Gasteiger partial charge in [0.15, 0.2) is 0 Å². The summed E-state index contributed by atoms with van der Waals surface area (Å²) in [7, 11) is 1.63. The Morgan fingerprint density at radius 1 is 1.41 bits per heavy atom. The number of rotatable bonds is 6. The van der Waals surface area contributed by atoms with Gasteiger partial charge in [0.1, 0.15) is 12.4 Å². The Morgan fingerprint density at radius 2 is 2.18 bits per heavy atom. The molecule has 1 fully saturated rings. The molecule has 2 unspecified atom stereocenters. The van der Waals surface area contributed by atoms with Crippen LogP contribution in [-0.4, -0.2) is 50.3 Å². The van der Waals surface area contributed by atoms with Crippen LogP contribution in [0.1, 0.15) is 23.7 Å². The molecule has 1 saturated heterocycles. The van der Waals surface area contributed by atoms with E-state index in [0.29, 0.717) is 37.0 Å². The minimum Gasteiger partial charge on any atom is -0.491 e. The zero-order valence-electron chi connectivity index (χ0n) is 13.2. The SMILES string of the molecule is COCCOc1cccc(C(=O)N2CC(CN)CC2C)c1.Cl. The number of methoxy groups -OCH3 is 1. The molecule has 2 N–H and O–H groups in total. The van der Waals surface area contributed by atoms with Gasteiger partial charge in [-0.25, -0.2) is 0 Å². The molecule has 0 saturated carbocycles. The molecule has 0 aromatic heterocycles. The molecule has 0 spiro atoms. The Kier molecular flexibility index (Phi) is 7.65. The number of nitrogens with zero attached hydrogens (tertiary/aromatic N) is 1. The number of carbonyl (C=O) groups is 1. The summed E-state index contributed by atoms with van der Waals surface area (Å²) in [5.41, 5.74) is 6.38. The Labute approximate surface area is 138 Å². The van der Waals surface area contributed by atoms with E-state index < -0.39 is 0 Å². The molecule has 5 nitrogen and oxygen atoms in total. The van der Waals surface area contributed by atoms with Crippen LogP contribution in [0.25, 0.3) is 0 Å². The van der Waals surface area contributed by atoms with E-state index in [0.717, 1.165) is 13.0 Å². The van der Waals surface area contributed by atoms with Crippen molar-refractivity contribution in [2.24, 2.45) is 11.7 Å². The van der Waals surface area contributed by atoms with E-state index >= 15 is 0 Å². The largest absolute Gasteiger partial charge is 0.491 e.